The van der Waals surface area contributed by atoms with E-state index in [1.54, 1.807) is 0 Å². The van der Waals surface area contributed by atoms with Gasteiger partial charge in [0.25, 0.3) is 5.91 Å². The summed E-state index contributed by atoms with van der Waals surface area (Å²) in [4.78, 5) is 12.8. The maximum Gasteiger partial charge on any atom is 0.253 e. The fraction of sp³-hybridized carbons (Fsp3) is 0.409. The number of hydrogen-bond donors (Lipinski definition) is 2. The SMILES string of the molecule is CCn1c(CCNC(=O)c2cc(C)n(-c3cccc(C(C)C)c3)c2C)n[nH]c1=S. The zero-order chi connectivity index (χ0) is 21.1. The van der Waals surface area contributed by atoms with Crippen LogP contribution in [0.25, 0.3) is 5.69 Å². The molecule has 154 valence electrons. The van der Waals surface area contributed by atoms with Crippen molar-refractivity contribution in [2.24, 2.45) is 0 Å². The first kappa shape index (κ1) is 21.0. The third-order valence-electron chi connectivity index (χ3n) is 5.26. The van der Waals surface area contributed by atoms with Crippen LogP contribution in [0.15, 0.2) is 30.3 Å². The Kier molecular flexibility index (Phi) is 6.37. The second kappa shape index (κ2) is 8.78. The average molecular weight is 412 g/mol. The molecule has 0 aliphatic heterocycles. The average Bonchev–Trinajstić information content (AvgIpc) is 3.20. The van der Waals surface area contributed by atoms with Gasteiger partial charge in [-0.2, -0.15) is 5.10 Å². The van der Waals surface area contributed by atoms with E-state index in [4.69, 9.17) is 12.2 Å². The molecule has 0 saturated heterocycles. The van der Waals surface area contributed by atoms with Gasteiger partial charge in [-0.15, -0.1) is 0 Å². The van der Waals surface area contributed by atoms with Crippen LogP contribution in [0.5, 0.6) is 0 Å². The number of aryl methyl sites for hydroxylation is 1. The molecule has 0 fully saturated rings. The molecule has 7 heteroatoms. The molecule has 0 saturated carbocycles. The normalized spacial score (nSPS) is 11.2. The Morgan fingerprint density at radius 3 is 2.72 bits per heavy atom. The summed E-state index contributed by atoms with van der Waals surface area (Å²) in [5.74, 6) is 1.24. The Morgan fingerprint density at radius 2 is 2.03 bits per heavy atom. The summed E-state index contributed by atoms with van der Waals surface area (Å²) < 4.78 is 4.69. The lowest BCUT2D eigenvalue weighted by molar-refractivity contribution is 0.0953. The van der Waals surface area contributed by atoms with Gasteiger partial charge >= 0.3 is 0 Å². The Labute approximate surface area is 177 Å². The predicted octanol–water partition coefficient (Wildman–Crippen LogP) is 4.46. The fourth-order valence-corrected chi connectivity index (χ4v) is 3.94. The molecule has 0 unspecified atom stereocenters. The summed E-state index contributed by atoms with van der Waals surface area (Å²) in [5, 5.41) is 10.1. The Hall–Kier alpha value is -2.67. The van der Waals surface area contributed by atoms with Gasteiger partial charge in [0.2, 0.25) is 0 Å². The standard InChI is InChI=1S/C22H29N5OS/c1-6-26-20(24-25-22(26)29)10-11-23-21(28)19-12-15(4)27(16(19)5)18-9-7-8-17(13-18)14(2)3/h7-9,12-14H,6,10-11H2,1-5H3,(H,23,28)(H,25,29). The van der Waals surface area contributed by atoms with E-state index in [0.29, 0.717) is 29.2 Å². The van der Waals surface area contributed by atoms with Crippen molar-refractivity contribution in [3.8, 4) is 5.69 Å². The summed E-state index contributed by atoms with van der Waals surface area (Å²) >= 11 is 5.21. The van der Waals surface area contributed by atoms with Crippen LogP contribution >= 0.6 is 12.2 Å². The monoisotopic (exact) mass is 411 g/mol. The van der Waals surface area contributed by atoms with E-state index in [9.17, 15) is 4.79 Å². The lowest BCUT2D eigenvalue weighted by Gasteiger charge is -2.13. The van der Waals surface area contributed by atoms with E-state index in [0.717, 1.165) is 29.4 Å². The number of carbonyl (C=O) groups excluding carboxylic acids is 1. The van der Waals surface area contributed by atoms with E-state index < -0.39 is 0 Å². The van der Waals surface area contributed by atoms with Crippen molar-refractivity contribution in [1.82, 2.24) is 24.6 Å². The van der Waals surface area contributed by atoms with Gasteiger partial charge in [-0.25, -0.2) is 0 Å². The number of H-pyrrole nitrogens is 1. The summed E-state index contributed by atoms with van der Waals surface area (Å²) in [6, 6.07) is 10.4. The maximum atomic E-state index is 12.8. The van der Waals surface area contributed by atoms with Gasteiger partial charge in [-0.05, 0) is 62.7 Å². The zero-order valence-electron chi connectivity index (χ0n) is 17.7. The van der Waals surface area contributed by atoms with Crippen molar-refractivity contribution < 1.29 is 4.79 Å². The van der Waals surface area contributed by atoms with Crippen molar-refractivity contribution >= 4 is 18.1 Å². The highest BCUT2D eigenvalue weighted by molar-refractivity contribution is 7.71. The molecule has 2 N–H and O–H groups in total. The maximum absolute atomic E-state index is 12.8. The number of carbonyl (C=O) groups is 1. The van der Waals surface area contributed by atoms with Crippen molar-refractivity contribution in [1.29, 1.82) is 0 Å². The molecule has 6 nitrogen and oxygen atoms in total. The molecule has 3 rings (SSSR count). The minimum atomic E-state index is -0.0680. The summed E-state index contributed by atoms with van der Waals surface area (Å²) in [6.07, 6.45) is 0.627. The molecular weight excluding hydrogens is 382 g/mol. The number of hydrogen-bond acceptors (Lipinski definition) is 3. The Balaban J connectivity index is 1.76. The number of amides is 1. The highest BCUT2D eigenvalue weighted by Crippen LogP contribution is 2.24. The first-order valence-corrected chi connectivity index (χ1v) is 10.5. The molecule has 0 radical (unpaired) electrons. The smallest absolute Gasteiger partial charge is 0.253 e. The van der Waals surface area contributed by atoms with Crippen molar-refractivity contribution in [2.75, 3.05) is 6.54 Å². The lowest BCUT2D eigenvalue weighted by Crippen LogP contribution is -2.27. The van der Waals surface area contributed by atoms with Crippen LogP contribution in [0.3, 0.4) is 0 Å². The molecule has 29 heavy (non-hydrogen) atoms. The number of benzene rings is 1. The number of aromatic nitrogens is 4. The first-order valence-electron chi connectivity index (χ1n) is 10.0. The number of rotatable bonds is 7. The van der Waals surface area contributed by atoms with Crippen LogP contribution in [0.2, 0.25) is 0 Å². The van der Waals surface area contributed by atoms with Gasteiger partial charge in [0.15, 0.2) is 4.77 Å². The van der Waals surface area contributed by atoms with E-state index in [-0.39, 0.29) is 5.91 Å². The highest BCUT2D eigenvalue weighted by atomic mass is 32.1. The third kappa shape index (κ3) is 4.34. The van der Waals surface area contributed by atoms with Gasteiger partial charge < -0.3 is 14.5 Å². The minimum Gasteiger partial charge on any atom is -0.352 e. The largest absolute Gasteiger partial charge is 0.352 e. The van der Waals surface area contributed by atoms with Gasteiger partial charge in [0, 0.05) is 36.6 Å². The molecule has 1 aromatic carbocycles. The molecule has 0 bridgehead atoms. The topological polar surface area (TPSA) is 67.6 Å². The van der Waals surface area contributed by atoms with Crippen LogP contribution in [-0.2, 0) is 13.0 Å². The first-order chi connectivity index (χ1) is 13.8. The zero-order valence-corrected chi connectivity index (χ0v) is 18.6. The molecule has 0 aliphatic carbocycles. The van der Waals surface area contributed by atoms with Crippen molar-refractivity contribution in [3.63, 3.8) is 0 Å². The summed E-state index contributed by atoms with van der Waals surface area (Å²) in [6.45, 7) is 11.7. The molecule has 2 heterocycles. The Morgan fingerprint density at radius 1 is 1.28 bits per heavy atom. The lowest BCUT2D eigenvalue weighted by atomic mass is 10.0. The number of aromatic amines is 1. The molecule has 1 amide bonds. The van der Waals surface area contributed by atoms with Gasteiger partial charge in [0.1, 0.15) is 5.82 Å². The molecular formula is C22H29N5OS. The molecule has 0 spiro atoms. The number of nitrogens with zero attached hydrogens (tertiary/aromatic N) is 3. The van der Waals surface area contributed by atoms with E-state index in [2.05, 4.69) is 58.2 Å². The van der Waals surface area contributed by atoms with Gasteiger partial charge in [0.05, 0.1) is 5.56 Å². The van der Waals surface area contributed by atoms with Crippen molar-refractivity contribution in [2.45, 2.75) is 53.5 Å². The van der Waals surface area contributed by atoms with Crippen LogP contribution in [0, 0.1) is 18.6 Å². The molecule has 2 aromatic heterocycles. The van der Waals surface area contributed by atoms with E-state index in [1.165, 1.54) is 5.56 Å². The molecule has 0 atom stereocenters. The predicted molar refractivity (Wildman–Crippen MR) is 118 cm³/mol. The number of nitrogens with one attached hydrogen (secondary N) is 2. The van der Waals surface area contributed by atoms with E-state index in [1.807, 2.05) is 31.4 Å². The van der Waals surface area contributed by atoms with E-state index >= 15 is 0 Å². The van der Waals surface area contributed by atoms with Crippen LogP contribution < -0.4 is 5.32 Å². The third-order valence-corrected chi connectivity index (χ3v) is 5.57. The van der Waals surface area contributed by atoms with Crippen LogP contribution in [-0.4, -0.2) is 31.8 Å². The second-order valence-electron chi connectivity index (χ2n) is 7.57. The second-order valence-corrected chi connectivity index (χ2v) is 7.95. The molecule has 0 aliphatic rings. The summed E-state index contributed by atoms with van der Waals surface area (Å²) in [7, 11) is 0. The highest BCUT2D eigenvalue weighted by Gasteiger charge is 2.17. The van der Waals surface area contributed by atoms with Gasteiger partial charge in [-0.1, -0.05) is 26.0 Å². The van der Waals surface area contributed by atoms with Crippen LogP contribution in [0.4, 0.5) is 0 Å². The van der Waals surface area contributed by atoms with Crippen LogP contribution in [0.1, 0.15) is 59.8 Å². The summed E-state index contributed by atoms with van der Waals surface area (Å²) in [5.41, 5.74) is 5.05. The fourth-order valence-electron chi connectivity index (χ4n) is 3.66. The van der Waals surface area contributed by atoms with Gasteiger partial charge in [-0.3, -0.25) is 9.89 Å². The van der Waals surface area contributed by atoms with Crippen molar-refractivity contribution in [3.05, 3.63) is 63.4 Å². The quantitative estimate of drug-likeness (QED) is 0.564. The Bertz CT molecular complexity index is 1070. The molecule has 3 aromatic rings. The minimum absolute atomic E-state index is 0.0680.